The average Bonchev–Trinajstić information content (AvgIpc) is 3.03. The largest absolute Gasteiger partial charge is 0.504 e. The van der Waals surface area contributed by atoms with Crippen molar-refractivity contribution in [1.29, 1.82) is 0 Å². The summed E-state index contributed by atoms with van der Waals surface area (Å²) in [5, 5.41) is 31.2. The molecule has 7 heteroatoms. The van der Waals surface area contributed by atoms with Crippen molar-refractivity contribution in [2.45, 2.75) is 11.8 Å². The van der Waals surface area contributed by atoms with E-state index in [1.807, 2.05) is 37.3 Å². The minimum Gasteiger partial charge on any atom is -0.504 e. The van der Waals surface area contributed by atoms with Gasteiger partial charge in [-0.2, -0.15) is 20.5 Å². The highest BCUT2D eigenvalue weighted by Crippen LogP contribution is 2.41. The van der Waals surface area contributed by atoms with Crippen molar-refractivity contribution in [3.63, 3.8) is 0 Å². The molecular formula is C17H13N5OS. The minimum absolute atomic E-state index is 0.0148. The summed E-state index contributed by atoms with van der Waals surface area (Å²) < 4.78 is 0. The molecule has 6 nitrogen and oxygen atoms in total. The van der Waals surface area contributed by atoms with E-state index < -0.39 is 0 Å². The van der Waals surface area contributed by atoms with Gasteiger partial charge >= 0.3 is 0 Å². The third-order valence-electron chi connectivity index (χ3n) is 3.79. The van der Waals surface area contributed by atoms with Gasteiger partial charge in [0.25, 0.3) is 0 Å². The Morgan fingerprint density at radius 3 is 2.71 bits per heavy atom. The zero-order valence-electron chi connectivity index (χ0n) is 12.7. The van der Waals surface area contributed by atoms with Crippen molar-refractivity contribution >= 4 is 45.8 Å². The quantitative estimate of drug-likeness (QED) is 0.362. The third-order valence-corrected chi connectivity index (χ3v) is 4.13. The number of aromatic hydroxyl groups is 1. The van der Waals surface area contributed by atoms with Crippen molar-refractivity contribution in [1.82, 2.24) is 15.4 Å². The number of hydrogen-bond acceptors (Lipinski definition) is 6. The maximum absolute atomic E-state index is 10.3. The zero-order chi connectivity index (χ0) is 16.7. The molecule has 0 saturated heterocycles. The second-order valence-electron chi connectivity index (χ2n) is 5.51. The number of phenols is 1. The highest BCUT2D eigenvalue weighted by Gasteiger charge is 2.11. The number of thiol groups is 1. The van der Waals surface area contributed by atoms with Crippen LogP contribution >= 0.6 is 12.6 Å². The van der Waals surface area contributed by atoms with Gasteiger partial charge in [0, 0.05) is 10.3 Å². The van der Waals surface area contributed by atoms with Crippen molar-refractivity contribution in [3.8, 4) is 5.75 Å². The Balaban J connectivity index is 1.84. The molecule has 4 aromatic rings. The first-order valence-electron chi connectivity index (χ1n) is 7.29. The lowest BCUT2D eigenvalue weighted by Crippen LogP contribution is -1.80. The molecule has 4 rings (SSSR count). The average molecular weight is 335 g/mol. The molecule has 2 N–H and O–H groups in total. The van der Waals surface area contributed by atoms with Crippen LogP contribution in [0.15, 0.2) is 57.6 Å². The topological polar surface area (TPSA) is 86.5 Å². The van der Waals surface area contributed by atoms with Crippen LogP contribution in [-0.2, 0) is 0 Å². The molecule has 1 aromatic heterocycles. The molecule has 1 heterocycles. The van der Waals surface area contributed by atoms with Crippen LogP contribution in [0.4, 0.5) is 11.4 Å². The molecule has 0 aliphatic carbocycles. The lowest BCUT2D eigenvalue weighted by molar-refractivity contribution is 0.465. The Labute approximate surface area is 142 Å². The molecule has 0 bridgehead atoms. The maximum Gasteiger partial charge on any atom is 0.157 e. The monoisotopic (exact) mass is 335 g/mol. The SMILES string of the molecule is Cc1ccc2c(N=Nc3ccc4n[nH]nc4c3)c(O)c(S)cc2c1. The summed E-state index contributed by atoms with van der Waals surface area (Å²) >= 11 is 4.32. The summed E-state index contributed by atoms with van der Waals surface area (Å²) in [4.78, 5) is 0.467. The number of aromatic amines is 1. The van der Waals surface area contributed by atoms with E-state index >= 15 is 0 Å². The predicted octanol–water partition coefficient (Wildman–Crippen LogP) is 4.83. The molecule has 3 aromatic carbocycles. The lowest BCUT2D eigenvalue weighted by atomic mass is 10.1. The normalized spacial score (nSPS) is 11.8. The van der Waals surface area contributed by atoms with Crippen LogP contribution in [0, 0.1) is 6.92 Å². The summed E-state index contributed by atoms with van der Waals surface area (Å²) in [6.07, 6.45) is 0. The van der Waals surface area contributed by atoms with Gasteiger partial charge in [0.1, 0.15) is 16.7 Å². The van der Waals surface area contributed by atoms with Crippen molar-refractivity contribution < 1.29 is 5.11 Å². The molecule has 118 valence electrons. The first-order valence-corrected chi connectivity index (χ1v) is 7.74. The second kappa shape index (κ2) is 5.61. The van der Waals surface area contributed by atoms with E-state index in [-0.39, 0.29) is 5.75 Å². The second-order valence-corrected chi connectivity index (χ2v) is 6.00. The number of nitrogens with zero attached hydrogens (tertiary/aromatic N) is 4. The van der Waals surface area contributed by atoms with Crippen LogP contribution in [0.1, 0.15) is 5.56 Å². The van der Waals surface area contributed by atoms with E-state index in [4.69, 9.17) is 0 Å². The Kier molecular flexibility index (Phi) is 3.42. The van der Waals surface area contributed by atoms with Gasteiger partial charge < -0.3 is 5.11 Å². The van der Waals surface area contributed by atoms with Crippen LogP contribution in [-0.4, -0.2) is 20.5 Å². The van der Waals surface area contributed by atoms with Crippen LogP contribution < -0.4 is 0 Å². The van der Waals surface area contributed by atoms with E-state index in [2.05, 4.69) is 38.3 Å². The number of nitrogens with one attached hydrogen (secondary N) is 1. The third kappa shape index (κ3) is 2.48. The molecule has 0 spiro atoms. The van der Waals surface area contributed by atoms with E-state index in [9.17, 15) is 5.11 Å². The van der Waals surface area contributed by atoms with Gasteiger partial charge in [-0.15, -0.1) is 17.7 Å². The van der Waals surface area contributed by atoms with Crippen molar-refractivity contribution in [3.05, 3.63) is 48.0 Å². The predicted molar refractivity (Wildman–Crippen MR) is 95.7 cm³/mol. The van der Waals surface area contributed by atoms with Gasteiger partial charge in [-0.1, -0.05) is 23.8 Å². The van der Waals surface area contributed by atoms with Gasteiger partial charge in [0.15, 0.2) is 5.75 Å². The number of aromatic nitrogens is 3. The Morgan fingerprint density at radius 2 is 1.83 bits per heavy atom. The molecule has 0 saturated carbocycles. The van der Waals surface area contributed by atoms with Gasteiger partial charge in [0.05, 0.1) is 5.69 Å². The molecule has 0 amide bonds. The number of benzene rings is 3. The summed E-state index contributed by atoms with van der Waals surface area (Å²) in [5.74, 6) is 0.0148. The number of fused-ring (bicyclic) bond motifs is 2. The summed E-state index contributed by atoms with van der Waals surface area (Å²) in [6, 6.07) is 13.1. The summed E-state index contributed by atoms with van der Waals surface area (Å²) in [6.45, 7) is 2.01. The van der Waals surface area contributed by atoms with Crippen LogP contribution in [0.5, 0.6) is 5.75 Å². The Hall–Kier alpha value is -2.93. The molecule has 0 fully saturated rings. The molecule has 0 radical (unpaired) electrons. The minimum atomic E-state index is 0.0148. The molecular weight excluding hydrogens is 322 g/mol. The van der Waals surface area contributed by atoms with Crippen LogP contribution in [0.25, 0.3) is 21.8 Å². The van der Waals surface area contributed by atoms with Gasteiger partial charge in [-0.25, -0.2) is 0 Å². The molecule has 0 aliphatic heterocycles. The number of azo groups is 1. The van der Waals surface area contributed by atoms with E-state index in [1.165, 1.54) is 0 Å². The number of hydrogen-bond donors (Lipinski definition) is 3. The van der Waals surface area contributed by atoms with E-state index in [0.29, 0.717) is 21.8 Å². The first kappa shape index (κ1) is 14.6. The Bertz CT molecular complexity index is 1100. The summed E-state index contributed by atoms with van der Waals surface area (Å²) in [5.41, 5.74) is 3.62. The standard InChI is InChI=1S/C17H13N5OS/c1-9-2-4-12-10(6-9)7-15(24)17(23)16(12)21-18-11-3-5-13-14(8-11)20-22-19-13/h2-8,23-24H,1H3,(H,19,20,22). The Morgan fingerprint density at radius 1 is 1.00 bits per heavy atom. The fourth-order valence-corrected chi connectivity index (χ4v) is 2.83. The number of aryl methyl sites for hydroxylation is 1. The summed E-state index contributed by atoms with van der Waals surface area (Å²) in [7, 11) is 0. The molecule has 24 heavy (non-hydrogen) atoms. The molecule has 0 aliphatic rings. The van der Waals surface area contributed by atoms with Crippen LogP contribution in [0.2, 0.25) is 0 Å². The van der Waals surface area contributed by atoms with Crippen molar-refractivity contribution in [2.24, 2.45) is 10.2 Å². The zero-order valence-corrected chi connectivity index (χ0v) is 13.6. The van der Waals surface area contributed by atoms with Crippen LogP contribution in [0.3, 0.4) is 0 Å². The van der Waals surface area contributed by atoms with Gasteiger partial charge in [-0.3, -0.25) is 0 Å². The molecule has 0 unspecified atom stereocenters. The highest BCUT2D eigenvalue weighted by molar-refractivity contribution is 7.80. The van der Waals surface area contributed by atoms with Gasteiger partial charge in [0.2, 0.25) is 0 Å². The van der Waals surface area contributed by atoms with E-state index in [0.717, 1.165) is 21.9 Å². The maximum atomic E-state index is 10.3. The van der Waals surface area contributed by atoms with Crippen molar-refractivity contribution in [2.75, 3.05) is 0 Å². The van der Waals surface area contributed by atoms with Gasteiger partial charge in [-0.05, 0) is 36.6 Å². The first-order chi connectivity index (χ1) is 11.6. The fraction of sp³-hybridized carbons (Fsp3) is 0.0588. The van der Waals surface area contributed by atoms with E-state index in [1.54, 1.807) is 12.1 Å². The fourth-order valence-electron chi connectivity index (χ4n) is 2.58. The molecule has 0 atom stereocenters. The smallest absolute Gasteiger partial charge is 0.157 e. The lowest BCUT2D eigenvalue weighted by Gasteiger charge is -2.07. The highest BCUT2D eigenvalue weighted by atomic mass is 32.1. The number of phenolic OH excluding ortho intramolecular Hbond substituents is 1. The number of rotatable bonds is 2. The number of H-pyrrole nitrogens is 1.